The van der Waals surface area contributed by atoms with Gasteiger partial charge in [-0.1, -0.05) is 0 Å². The Morgan fingerprint density at radius 1 is 1.75 bits per heavy atom. The lowest BCUT2D eigenvalue weighted by molar-refractivity contribution is 1.09. The Bertz CT molecular complexity index is 165. The first-order valence-corrected chi connectivity index (χ1v) is 3.66. The standard InChI is InChI=1S/C6H7NS/c1-2-8-4-5(1)6-3-7-6/h1-2,4,6-7H,3H2/t6-/m0/s1. The molecule has 0 saturated carbocycles. The van der Waals surface area contributed by atoms with E-state index in [1.54, 1.807) is 11.3 Å². The fourth-order valence-electron chi connectivity index (χ4n) is 0.768. The first-order valence-electron chi connectivity index (χ1n) is 2.72. The zero-order chi connectivity index (χ0) is 5.40. The third kappa shape index (κ3) is 0.659. The maximum absolute atomic E-state index is 3.24. The average molecular weight is 125 g/mol. The molecule has 1 aromatic rings. The Morgan fingerprint density at radius 3 is 3.12 bits per heavy atom. The molecule has 0 radical (unpaired) electrons. The summed E-state index contributed by atoms with van der Waals surface area (Å²) in [5.41, 5.74) is 1.45. The van der Waals surface area contributed by atoms with Gasteiger partial charge in [0, 0.05) is 12.6 Å². The van der Waals surface area contributed by atoms with E-state index in [9.17, 15) is 0 Å². The Balaban J connectivity index is 2.28. The van der Waals surface area contributed by atoms with Gasteiger partial charge in [-0.3, -0.25) is 0 Å². The first-order chi connectivity index (χ1) is 3.97. The smallest absolute Gasteiger partial charge is 0.0455 e. The van der Waals surface area contributed by atoms with Crippen LogP contribution in [0, 0.1) is 0 Å². The Morgan fingerprint density at radius 2 is 2.62 bits per heavy atom. The molecule has 1 fully saturated rings. The summed E-state index contributed by atoms with van der Waals surface area (Å²) in [6, 6.07) is 2.87. The number of thiophene rings is 1. The van der Waals surface area contributed by atoms with Crippen molar-refractivity contribution in [1.82, 2.24) is 5.32 Å². The fraction of sp³-hybridized carbons (Fsp3) is 0.333. The monoisotopic (exact) mass is 125 g/mol. The molecule has 1 N–H and O–H groups in total. The van der Waals surface area contributed by atoms with Gasteiger partial charge in [0.1, 0.15) is 0 Å². The largest absolute Gasteiger partial charge is 0.307 e. The highest BCUT2D eigenvalue weighted by Crippen LogP contribution is 2.22. The second kappa shape index (κ2) is 1.57. The van der Waals surface area contributed by atoms with Crippen LogP contribution in [0.3, 0.4) is 0 Å². The van der Waals surface area contributed by atoms with E-state index < -0.39 is 0 Å². The lowest BCUT2D eigenvalue weighted by Crippen LogP contribution is -1.75. The van der Waals surface area contributed by atoms with E-state index in [1.807, 2.05) is 0 Å². The summed E-state index contributed by atoms with van der Waals surface area (Å²) >= 11 is 1.77. The predicted molar refractivity (Wildman–Crippen MR) is 35.1 cm³/mol. The van der Waals surface area contributed by atoms with Gasteiger partial charge >= 0.3 is 0 Å². The van der Waals surface area contributed by atoms with Crippen molar-refractivity contribution in [1.29, 1.82) is 0 Å². The normalized spacial score (nSPS) is 25.8. The van der Waals surface area contributed by atoms with Crippen molar-refractivity contribution in [2.45, 2.75) is 6.04 Å². The lowest BCUT2D eigenvalue weighted by atomic mass is 10.3. The molecule has 2 heterocycles. The van der Waals surface area contributed by atoms with Crippen molar-refractivity contribution in [3.63, 3.8) is 0 Å². The fourth-order valence-corrected chi connectivity index (χ4v) is 1.48. The highest BCUT2D eigenvalue weighted by atomic mass is 32.1. The van der Waals surface area contributed by atoms with Crippen LogP contribution in [0.2, 0.25) is 0 Å². The van der Waals surface area contributed by atoms with Crippen molar-refractivity contribution in [2.75, 3.05) is 6.54 Å². The summed E-state index contributed by atoms with van der Waals surface area (Å²) in [7, 11) is 0. The predicted octanol–water partition coefficient (Wildman–Crippen LogP) is 1.39. The van der Waals surface area contributed by atoms with Crippen molar-refractivity contribution < 1.29 is 0 Å². The molecule has 42 valence electrons. The quantitative estimate of drug-likeness (QED) is 0.563. The second-order valence-electron chi connectivity index (χ2n) is 2.02. The Labute approximate surface area is 52.3 Å². The molecule has 1 aromatic heterocycles. The van der Waals surface area contributed by atoms with Gasteiger partial charge in [-0.05, 0) is 22.4 Å². The van der Waals surface area contributed by atoms with E-state index in [0.29, 0.717) is 6.04 Å². The molecule has 0 amide bonds. The van der Waals surface area contributed by atoms with Gasteiger partial charge in [0.2, 0.25) is 0 Å². The number of rotatable bonds is 1. The third-order valence-corrected chi connectivity index (χ3v) is 2.06. The summed E-state index contributed by atoms with van der Waals surface area (Å²) < 4.78 is 0. The molecule has 0 bridgehead atoms. The van der Waals surface area contributed by atoms with E-state index in [0.717, 1.165) is 0 Å². The van der Waals surface area contributed by atoms with Gasteiger partial charge in [-0.15, -0.1) is 0 Å². The molecule has 8 heavy (non-hydrogen) atoms. The highest BCUT2D eigenvalue weighted by molar-refractivity contribution is 7.07. The van der Waals surface area contributed by atoms with Gasteiger partial charge in [0.25, 0.3) is 0 Å². The van der Waals surface area contributed by atoms with Crippen molar-refractivity contribution in [2.24, 2.45) is 0 Å². The minimum Gasteiger partial charge on any atom is -0.307 e. The summed E-state index contributed by atoms with van der Waals surface area (Å²) in [5.74, 6) is 0. The van der Waals surface area contributed by atoms with Crippen LogP contribution in [0.4, 0.5) is 0 Å². The molecule has 1 atom stereocenters. The maximum atomic E-state index is 3.24. The molecule has 1 aliphatic rings. The van der Waals surface area contributed by atoms with E-state index >= 15 is 0 Å². The van der Waals surface area contributed by atoms with Crippen molar-refractivity contribution in [3.05, 3.63) is 22.4 Å². The molecule has 0 aromatic carbocycles. The summed E-state index contributed by atoms with van der Waals surface area (Å²) in [5, 5.41) is 7.56. The van der Waals surface area contributed by atoms with Crippen LogP contribution in [-0.4, -0.2) is 6.54 Å². The van der Waals surface area contributed by atoms with Gasteiger partial charge in [-0.2, -0.15) is 11.3 Å². The Kier molecular flexibility index (Phi) is 0.889. The van der Waals surface area contributed by atoms with Crippen LogP contribution < -0.4 is 5.32 Å². The SMILES string of the molecule is c1cc([C@@H]2CN2)cs1. The molecule has 2 heteroatoms. The number of nitrogens with one attached hydrogen (secondary N) is 1. The Hall–Kier alpha value is -0.340. The minimum absolute atomic E-state index is 0.696. The van der Waals surface area contributed by atoms with Crippen LogP contribution in [0.25, 0.3) is 0 Å². The van der Waals surface area contributed by atoms with Gasteiger partial charge in [0.05, 0.1) is 0 Å². The van der Waals surface area contributed by atoms with Crippen LogP contribution in [0.15, 0.2) is 16.8 Å². The zero-order valence-corrected chi connectivity index (χ0v) is 5.24. The molecular weight excluding hydrogens is 118 g/mol. The van der Waals surface area contributed by atoms with Crippen LogP contribution >= 0.6 is 11.3 Å². The topological polar surface area (TPSA) is 21.9 Å². The number of hydrogen-bond donors (Lipinski definition) is 1. The third-order valence-electron chi connectivity index (χ3n) is 1.35. The van der Waals surface area contributed by atoms with Gasteiger partial charge in [-0.25, -0.2) is 0 Å². The van der Waals surface area contributed by atoms with Crippen LogP contribution in [-0.2, 0) is 0 Å². The van der Waals surface area contributed by atoms with Crippen LogP contribution in [0.1, 0.15) is 11.6 Å². The average Bonchev–Trinajstić information content (AvgIpc) is 2.49. The number of hydrogen-bond acceptors (Lipinski definition) is 2. The molecule has 0 unspecified atom stereocenters. The molecule has 1 aliphatic heterocycles. The molecular formula is C6H7NS. The minimum atomic E-state index is 0.696. The molecule has 2 rings (SSSR count). The van der Waals surface area contributed by atoms with Crippen LogP contribution in [0.5, 0.6) is 0 Å². The first kappa shape index (κ1) is 4.53. The van der Waals surface area contributed by atoms with E-state index in [2.05, 4.69) is 22.1 Å². The van der Waals surface area contributed by atoms with Gasteiger partial charge < -0.3 is 5.32 Å². The summed E-state index contributed by atoms with van der Waals surface area (Å²) in [6.45, 7) is 1.18. The van der Waals surface area contributed by atoms with E-state index in [1.165, 1.54) is 12.1 Å². The van der Waals surface area contributed by atoms with Gasteiger partial charge in [0.15, 0.2) is 0 Å². The molecule has 1 saturated heterocycles. The van der Waals surface area contributed by atoms with E-state index in [4.69, 9.17) is 0 Å². The zero-order valence-electron chi connectivity index (χ0n) is 4.42. The van der Waals surface area contributed by atoms with E-state index in [-0.39, 0.29) is 0 Å². The van der Waals surface area contributed by atoms with Crippen molar-refractivity contribution >= 4 is 11.3 Å². The molecule has 0 aliphatic carbocycles. The molecule has 0 spiro atoms. The highest BCUT2D eigenvalue weighted by Gasteiger charge is 2.21. The molecule has 1 nitrogen and oxygen atoms in total. The maximum Gasteiger partial charge on any atom is 0.0455 e. The second-order valence-corrected chi connectivity index (χ2v) is 2.80. The lowest BCUT2D eigenvalue weighted by Gasteiger charge is -1.81. The summed E-state index contributed by atoms with van der Waals surface area (Å²) in [6.07, 6.45) is 0. The summed E-state index contributed by atoms with van der Waals surface area (Å²) in [4.78, 5) is 0. The van der Waals surface area contributed by atoms with Crippen molar-refractivity contribution in [3.8, 4) is 0 Å².